The van der Waals surface area contributed by atoms with E-state index in [-0.39, 0.29) is 16.1 Å². The van der Waals surface area contributed by atoms with Gasteiger partial charge in [0, 0.05) is 25.8 Å². The molecule has 0 saturated carbocycles. The van der Waals surface area contributed by atoms with Crippen molar-refractivity contribution < 1.29 is 17.9 Å². The van der Waals surface area contributed by atoms with E-state index in [1.54, 1.807) is 26.2 Å². The van der Waals surface area contributed by atoms with Crippen LogP contribution >= 0.6 is 11.8 Å². The standard InChI is InChI=1S/C21H27N3O4S2/c1-16(21(25)23-14-17-6-8-18(28-2)9-7-17)29-20-11-10-19(15-22-20)30(26,27)24-12-4-3-5-13-24/h6-11,15-16H,3-5,12-14H2,1-2H3,(H,23,25)/t16-/m0/s1. The zero-order valence-corrected chi connectivity index (χ0v) is 18.8. The molecule has 2 aromatic rings. The maximum Gasteiger partial charge on any atom is 0.244 e. The van der Waals surface area contributed by atoms with Crippen LogP contribution in [0.4, 0.5) is 0 Å². The Kier molecular flexibility index (Phi) is 7.74. The van der Waals surface area contributed by atoms with Crippen LogP contribution in [0.2, 0.25) is 0 Å². The van der Waals surface area contributed by atoms with Gasteiger partial charge in [-0.25, -0.2) is 13.4 Å². The molecule has 1 aromatic heterocycles. The minimum atomic E-state index is -3.49. The maximum absolute atomic E-state index is 12.7. The van der Waals surface area contributed by atoms with Gasteiger partial charge in [0.25, 0.3) is 0 Å². The molecule has 0 radical (unpaired) electrons. The summed E-state index contributed by atoms with van der Waals surface area (Å²) in [5.41, 5.74) is 0.978. The van der Waals surface area contributed by atoms with Crippen molar-refractivity contribution in [3.63, 3.8) is 0 Å². The second-order valence-corrected chi connectivity index (χ2v) is 10.4. The summed E-state index contributed by atoms with van der Waals surface area (Å²) in [5.74, 6) is 0.661. The summed E-state index contributed by atoms with van der Waals surface area (Å²) in [6.07, 6.45) is 4.24. The molecule has 1 amide bonds. The van der Waals surface area contributed by atoms with Gasteiger partial charge < -0.3 is 10.1 Å². The second-order valence-electron chi connectivity index (χ2n) is 7.12. The largest absolute Gasteiger partial charge is 0.497 e. The summed E-state index contributed by atoms with van der Waals surface area (Å²) >= 11 is 1.30. The quantitative estimate of drug-likeness (QED) is 0.623. The van der Waals surface area contributed by atoms with E-state index >= 15 is 0 Å². The molecule has 9 heteroatoms. The van der Waals surface area contributed by atoms with Crippen LogP contribution in [0.3, 0.4) is 0 Å². The highest BCUT2D eigenvalue weighted by Crippen LogP contribution is 2.25. The Balaban J connectivity index is 1.54. The number of methoxy groups -OCH3 is 1. The predicted octanol–water partition coefficient (Wildman–Crippen LogP) is 3.06. The fourth-order valence-electron chi connectivity index (χ4n) is 3.15. The average Bonchev–Trinajstić information content (AvgIpc) is 2.78. The summed E-state index contributed by atoms with van der Waals surface area (Å²) in [7, 11) is -1.88. The summed E-state index contributed by atoms with van der Waals surface area (Å²) in [6, 6.07) is 10.7. The minimum Gasteiger partial charge on any atom is -0.497 e. The number of hydrogen-bond donors (Lipinski definition) is 1. The third kappa shape index (κ3) is 5.74. The van der Waals surface area contributed by atoms with Crippen molar-refractivity contribution >= 4 is 27.7 Å². The van der Waals surface area contributed by atoms with E-state index in [2.05, 4.69) is 10.3 Å². The number of ether oxygens (including phenoxy) is 1. The van der Waals surface area contributed by atoms with E-state index in [1.807, 2.05) is 24.3 Å². The van der Waals surface area contributed by atoms with Gasteiger partial charge in [0.15, 0.2) is 0 Å². The zero-order valence-electron chi connectivity index (χ0n) is 17.2. The number of nitrogens with one attached hydrogen (secondary N) is 1. The minimum absolute atomic E-state index is 0.109. The van der Waals surface area contributed by atoms with Crippen molar-refractivity contribution in [2.24, 2.45) is 0 Å². The van der Waals surface area contributed by atoms with Crippen molar-refractivity contribution in [2.45, 2.75) is 47.9 Å². The van der Waals surface area contributed by atoms with Gasteiger partial charge in [0.2, 0.25) is 15.9 Å². The molecule has 30 heavy (non-hydrogen) atoms. The Bertz CT molecular complexity index is 941. The highest BCUT2D eigenvalue weighted by molar-refractivity contribution is 8.00. The van der Waals surface area contributed by atoms with Crippen LogP contribution in [0.15, 0.2) is 52.5 Å². The molecule has 1 fully saturated rings. The molecule has 0 spiro atoms. The lowest BCUT2D eigenvalue weighted by molar-refractivity contribution is -0.120. The van der Waals surface area contributed by atoms with Crippen LogP contribution in [-0.2, 0) is 21.4 Å². The molecule has 162 valence electrons. The number of hydrogen-bond acceptors (Lipinski definition) is 6. The van der Waals surface area contributed by atoms with Crippen LogP contribution in [0.5, 0.6) is 5.75 Å². The fourth-order valence-corrected chi connectivity index (χ4v) is 5.43. The van der Waals surface area contributed by atoms with E-state index < -0.39 is 10.0 Å². The molecular formula is C21H27N3O4S2. The highest BCUT2D eigenvalue weighted by Gasteiger charge is 2.26. The lowest BCUT2D eigenvalue weighted by atomic mass is 10.2. The second kappa shape index (κ2) is 10.3. The predicted molar refractivity (Wildman–Crippen MR) is 117 cm³/mol. The summed E-state index contributed by atoms with van der Waals surface area (Å²) in [5, 5.41) is 3.15. The summed E-state index contributed by atoms with van der Waals surface area (Å²) < 4.78 is 32.0. The molecule has 2 heterocycles. The lowest BCUT2D eigenvalue weighted by Crippen LogP contribution is -2.35. The number of carbonyl (C=O) groups excluding carboxylic acids is 1. The van der Waals surface area contributed by atoms with Crippen LogP contribution in [-0.4, -0.2) is 49.1 Å². The van der Waals surface area contributed by atoms with Gasteiger partial charge in [0.05, 0.1) is 17.4 Å². The normalized spacial score (nSPS) is 16.1. The number of aromatic nitrogens is 1. The van der Waals surface area contributed by atoms with Crippen LogP contribution in [0, 0.1) is 0 Å². The van der Waals surface area contributed by atoms with E-state index in [0.717, 1.165) is 30.6 Å². The Morgan fingerprint density at radius 2 is 1.87 bits per heavy atom. The van der Waals surface area contributed by atoms with Gasteiger partial charge in [-0.2, -0.15) is 4.31 Å². The molecule has 3 rings (SSSR count). The van der Waals surface area contributed by atoms with Gasteiger partial charge in [-0.05, 0) is 49.6 Å². The number of carbonyl (C=O) groups is 1. The van der Waals surface area contributed by atoms with E-state index in [4.69, 9.17) is 4.74 Å². The first-order valence-electron chi connectivity index (χ1n) is 9.93. The van der Waals surface area contributed by atoms with Gasteiger partial charge >= 0.3 is 0 Å². The van der Waals surface area contributed by atoms with E-state index in [1.165, 1.54) is 22.3 Å². The molecule has 1 aromatic carbocycles. The zero-order chi connectivity index (χ0) is 21.6. The van der Waals surface area contributed by atoms with Gasteiger partial charge in [-0.3, -0.25) is 4.79 Å². The molecule has 1 aliphatic heterocycles. The number of benzene rings is 1. The Morgan fingerprint density at radius 1 is 1.17 bits per heavy atom. The molecule has 0 unspecified atom stereocenters. The summed E-state index contributed by atoms with van der Waals surface area (Å²) in [4.78, 5) is 16.9. The monoisotopic (exact) mass is 449 g/mol. The Hall–Kier alpha value is -2.10. The number of piperidine rings is 1. The van der Waals surface area contributed by atoms with E-state index in [9.17, 15) is 13.2 Å². The van der Waals surface area contributed by atoms with Gasteiger partial charge in [-0.1, -0.05) is 30.3 Å². The third-order valence-electron chi connectivity index (χ3n) is 4.95. The van der Waals surface area contributed by atoms with Gasteiger partial charge in [0.1, 0.15) is 10.6 Å². The van der Waals surface area contributed by atoms with Crippen molar-refractivity contribution in [3.05, 3.63) is 48.2 Å². The molecule has 1 atom stereocenters. The van der Waals surface area contributed by atoms with Crippen molar-refractivity contribution in [1.82, 2.24) is 14.6 Å². The molecule has 1 saturated heterocycles. The number of amides is 1. The molecular weight excluding hydrogens is 422 g/mol. The summed E-state index contributed by atoms with van der Waals surface area (Å²) in [6.45, 7) is 3.34. The number of rotatable bonds is 8. The number of sulfonamides is 1. The fraction of sp³-hybridized carbons (Fsp3) is 0.429. The van der Waals surface area contributed by atoms with Gasteiger partial charge in [-0.15, -0.1) is 0 Å². The maximum atomic E-state index is 12.7. The van der Waals surface area contributed by atoms with Crippen LogP contribution < -0.4 is 10.1 Å². The molecule has 0 bridgehead atoms. The molecule has 1 N–H and O–H groups in total. The number of nitrogens with zero attached hydrogens (tertiary/aromatic N) is 2. The van der Waals surface area contributed by atoms with Crippen molar-refractivity contribution in [2.75, 3.05) is 20.2 Å². The lowest BCUT2D eigenvalue weighted by Gasteiger charge is -2.25. The highest BCUT2D eigenvalue weighted by atomic mass is 32.2. The van der Waals surface area contributed by atoms with Crippen LogP contribution in [0.25, 0.3) is 0 Å². The Labute approximate surface area is 182 Å². The first kappa shape index (κ1) is 22.6. The SMILES string of the molecule is COc1ccc(CNC(=O)[C@H](C)Sc2ccc(S(=O)(=O)N3CCCCC3)cn2)cc1. The Morgan fingerprint density at radius 3 is 2.47 bits per heavy atom. The number of thioether (sulfide) groups is 1. The first-order valence-corrected chi connectivity index (χ1v) is 12.3. The smallest absolute Gasteiger partial charge is 0.244 e. The third-order valence-corrected chi connectivity index (χ3v) is 7.89. The van der Waals surface area contributed by atoms with E-state index in [0.29, 0.717) is 24.7 Å². The first-order chi connectivity index (χ1) is 14.4. The molecule has 0 aliphatic carbocycles. The average molecular weight is 450 g/mol. The topological polar surface area (TPSA) is 88.6 Å². The molecule has 7 nitrogen and oxygen atoms in total. The number of pyridine rings is 1. The molecule has 1 aliphatic rings. The van der Waals surface area contributed by atoms with Crippen molar-refractivity contribution in [1.29, 1.82) is 0 Å². The van der Waals surface area contributed by atoms with Crippen molar-refractivity contribution in [3.8, 4) is 5.75 Å². The van der Waals surface area contributed by atoms with Crippen LogP contribution in [0.1, 0.15) is 31.7 Å².